The molecular formula is C15H23N3S. The van der Waals surface area contributed by atoms with Crippen LogP contribution in [0.15, 0.2) is 17.8 Å². The summed E-state index contributed by atoms with van der Waals surface area (Å²) in [5, 5.41) is 5.62. The SMILES string of the molecule is CNC(Cc1cn2ccsc2n1)C1CCCC(C)C1. The number of likely N-dealkylation sites (N-methyl/N-ethyl adjacent to an activating group) is 1. The Balaban J connectivity index is 1.70. The van der Waals surface area contributed by atoms with E-state index in [1.165, 1.54) is 31.4 Å². The Hall–Kier alpha value is -0.870. The molecule has 104 valence electrons. The van der Waals surface area contributed by atoms with Gasteiger partial charge in [-0.25, -0.2) is 4.98 Å². The maximum absolute atomic E-state index is 4.72. The van der Waals surface area contributed by atoms with Crippen LogP contribution in [0, 0.1) is 11.8 Å². The maximum atomic E-state index is 4.72. The summed E-state index contributed by atoms with van der Waals surface area (Å²) in [6, 6.07) is 0.576. The van der Waals surface area contributed by atoms with Crippen LogP contribution in [-0.4, -0.2) is 22.5 Å². The summed E-state index contributed by atoms with van der Waals surface area (Å²) < 4.78 is 2.14. The molecule has 0 radical (unpaired) electrons. The van der Waals surface area contributed by atoms with Crippen molar-refractivity contribution in [1.29, 1.82) is 0 Å². The van der Waals surface area contributed by atoms with Gasteiger partial charge < -0.3 is 5.32 Å². The first-order valence-electron chi connectivity index (χ1n) is 7.34. The molecule has 19 heavy (non-hydrogen) atoms. The highest BCUT2D eigenvalue weighted by Crippen LogP contribution is 2.31. The van der Waals surface area contributed by atoms with Gasteiger partial charge in [-0.1, -0.05) is 19.8 Å². The fourth-order valence-corrected chi connectivity index (χ4v) is 4.17. The molecule has 3 unspecified atom stereocenters. The fourth-order valence-electron chi connectivity index (χ4n) is 3.45. The van der Waals surface area contributed by atoms with Gasteiger partial charge in [-0.05, 0) is 31.7 Å². The quantitative estimate of drug-likeness (QED) is 0.928. The number of thiazole rings is 1. The van der Waals surface area contributed by atoms with E-state index in [0.717, 1.165) is 23.2 Å². The van der Waals surface area contributed by atoms with Crippen molar-refractivity contribution in [3.8, 4) is 0 Å². The highest BCUT2D eigenvalue weighted by Gasteiger charge is 2.26. The lowest BCUT2D eigenvalue weighted by atomic mass is 9.77. The van der Waals surface area contributed by atoms with Gasteiger partial charge in [-0.15, -0.1) is 11.3 Å². The van der Waals surface area contributed by atoms with Crippen LogP contribution in [0.2, 0.25) is 0 Å². The van der Waals surface area contributed by atoms with Gasteiger partial charge >= 0.3 is 0 Å². The lowest BCUT2D eigenvalue weighted by Gasteiger charge is -2.32. The van der Waals surface area contributed by atoms with E-state index in [0.29, 0.717) is 6.04 Å². The summed E-state index contributed by atoms with van der Waals surface area (Å²) in [6.45, 7) is 2.39. The van der Waals surface area contributed by atoms with Crippen molar-refractivity contribution in [1.82, 2.24) is 14.7 Å². The van der Waals surface area contributed by atoms with Gasteiger partial charge in [0, 0.05) is 30.2 Å². The first kappa shape index (κ1) is 13.1. The Morgan fingerprint density at radius 1 is 1.53 bits per heavy atom. The molecule has 4 heteroatoms. The molecule has 0 bridgehead atoms. The average Bonchev–Trinajstić information content (AvgIpc) is 2.96. The van der Waals surface area contributed by atoms with Crippen molar-refractivity contribution in [3.05, 3.63) is 23.5 Å². The predicted molar refractivity (Wildman–Crippen MR) is 80.7 cm³/mol. The summed E-state index contributed by atoms with van der Waals surface area (Å²) in [7, 11) is 2.10. The highest BCUT2D eigenvalue weighted by molar-refractivity contribution is 7.15. The molecule has 0 aromatic carbocycles. The normalized spacial score (nSPS) is 25.8. The third-order valence-electron chi connectivity index (χ3n) is 4.49. The zero-order chi connectivity index (χ0) is 13.2. The van der Waals surface area contributed by atoms with E-state index in [2.05, 4.69) is 41.5 Å². The molecule has 2 aromatic heterocycles. The Morgan fingerprint density at radius 3 is 3.16 bits per heavy atom. The van der Waals surface area contributed by atoms with E-state index in [9.17, 15) is 0 Å². The lowest BCUT2D eigenvalue weighted by Crippen LogP contribution is -2.38. The van der Waals surface area contributed by atoms with Crippen molar-refractivity contribution in [3.63, 3.8) is 0 Å². The predicted octanol–water partition coefficient (Wildman–Crippen LogP) is 3.35. The first-order valence-corrected chi connectivity index (χ1v) is 8.22. The molecule has 0 saturated heterocycles. The Kier molecular flexibility index (Phi) is 3.89. The second-order valence-electron chi connectivity index (χ2n) is 5.96. The van der Waals surface area contributed by atoms with Crippen molar-refractivity contribution in [2.75, 3.05) is 7.05 Å². The van der Waals surface area contributed by atoms with Gasteiger partial charge in [-0.2, -0.15) is 0 Å². The van der Waals surface area contributed by atoms with Crippen LogP contribution in [0.5, 0.6) is 0 Å². The monoisotopic (exact) mass is 277 g/mol. The number of aromatic nitrogens is 2. The van der Waals surface area contributed by atoms with Gasteiger partial charge in [-0.3, -0.25) is 4.40 Å². The van der Waals surface area contributed by atoms with Gasteiger partial charge in [0.05, 0.1) is 5.69 Å². The molecule has 0 spiro atoms. The van der Waals surface area contributed by atoms with E-state index in [-0.39, 0.29) is 0 Å². The number of nitrogens with zero attached hydrogens (tertiary/aromatic N) is 2. The van der Waals surface area contributed by atoms with Crippen molar-refractivity contribution in [2.45, 2.75) is 45.1 Å². The topological polar surface area (TPSA) is 29.3 Å². The van der Waals surface area contributed by atoms with Crippen LogP contribution in [0.25, 0.3) is 4.96 Å². The lowest BCUT2D eigenvalue weighted by molar-refractivity contribution is 0.226. The van der Waals surface area contributed by atoms with Crippen LogP contribution in [0.1, 0.15) is 38.3 Å². The van der Waals surface area contributed by atoms with Crippen LogP contribution in [0.3, 0.4) is 0 Å². The smallest absolute Gasteiger partial charge is 0.193 e. The molecule has 2 heterocycles. The molecule has 1 aliphatic carbocycles. The zero-order valence-electron chi connectivity index (χ0n) is 11.8. The van der Waals surface area contributed by atoms with Crippen molar-refractivity contribution < 1.29 is 0 Å². The minimum Gasteiger partial charge on any atom is -0.316 e. The molecule has 1 N–H and O–H groups in total. The number of rotatable bonds is 4. The van der Waals surface area contributed by atoms with Crippen molar-refractivity contribution >= 4 is 16.3 Å². The number of fused-ring (bicyclic) bond motifs is 1. The summed E-state index contributed by atoms with van der Waals surface area (Å²) in [5.74, 6) is 1.70. The molecular weight excluding hydrogens is 254 g/mol. The molecule has 1 saturated carbocycles. The van der Waals surface area contributed by atoms with E-state index in [1.807, 2.05) is 0 Å². The standard InChI is InChI=1S/C15H23N3S/c1-11-4-3-5-12(8-11)14(16-2)9-13-10-18-6-7-19-15(18)17-13/h6-7,10-12,14,16H,3-5,8-9H2,1-2H3. The number of nitrogens with one attached hydrogen (secondary N) is 1. The molecule has 3 rings (SSSR count). The molecule has 3 atom stereocenters. The number of hydrogen-bond acceptors (Lipinski definition) is 3. The third kappa shape index (κ3) is 2.84. The van der Waals surface area contributed by atoms with E-state index in [1.54, 1.807) is 11.3 Å². The fraction of sp³-hybridized carbons (Fsp3) is 0.667. The minimum absolute atomic E-state index is 0.576. The molecule has 1 fully saturated rings. The van der Waals surface area contributed by atoms with Crippen LogP contribution >= 0.6 is 11.3 Å². The van der Waals surface area contributed by atoms with E-state index >= 15 is 0 Å². The summed E-state index contributed by atoms with van der Waals surface area (Å²) >= 11 is 1.71. The number of hydrogen-bond donors (Lipinski definition) is 1. The zero-order valence-corrected chi connectivity index (χ0v) is 12.6. The van der Waals surface area contributed by atoms with Crippen molar-refractivity contribution in [2.24, 2.45) is 11.8 Å². The molecule has 3 nitrogen and oxygen atoms in total. The first-order chi connectivity index (χ1) is 9.26. The van der Waals surface area contributed by atoms with Gasteiger partial charge in [0.1, 0.15) is 0 Å². The maximum Gasteiger partial charge on any atom is 0.193 e. The summed E-state index contributed by atoms with van der Waals surface area (Å²) in [5.41, 5.74) is 1.23. The summed E-state index contributed by atoms with van der Waals surface area (Å²) in [4.78, 5) is 5.83. The van der Waals surface area contributed by atoms with Crippen LogP contribution < -0.4 is 5.32 Å². The van der Waals surface area contributed by atoms with Crippen LogP contribution in [-0.2, 0) is 6.42 Å². The Bertz CT molecular complexity index is 502. The van der Waals surface area contributed by atoms with E-state index in [4.69, 9.17) is 4.98 Å². The van der Waals surface area contributed by atoms with Gasteiger partial charge in [0.2, 0.25) is 0 Å². The minimum atomic E-state index is 0.576. The average molecular weight is 277 g/mol. The number of imidazole rings is 1. The molecule has 0 aliphatic heterocycles. The van der Waals surface area contributed by atoms with Crippen LogP contribution in [0.4, 0.5) is 0 Å². The van der Waals surface area contributed by atoms with Gasteiger partial charge in [0.15, 0.2) is 4.96 Å². The van der Waals surface area contributed by atoms with E-state index < -0.39 is 0 Å². The second kappa shape index (κ2) is 5.63. The second-order valence-corrected chi connectivity index (χ2v) is 6.83. The highest BCUT2D eigenvalue weighted by atomic mass is 32.1. The molecule has 2 aromatic rings. The molecule has 0 amide bonds. The third-order valence-corrected chi connectivity index (χ3v) is 5.26. The Labute approximate surface area is 119 Å². The van der Waals surface area contributed by atoms with Gasteiger partial charge in [0.25, 0.3) is 0 Å². The Morgan fingerprint density at radius 2 is 2.42 bits per heavy atom. The summed E-state index contributed by atoms with van der Waals surface area (Å²) in [6.07, 6.45) is 10.9. The molecule has 1 aliphatic rings. The largest absolute Gasteiger partial charge is 0.316 e.